The molecule has 0 spiro atoms. The lowest BCUT2D eigenvalue weighted by atomic mass is 10.3. The molecule has 2 aromatic rings. The Labute approximate surface area is 97.4 Å². The fourth-order valence-corrected chi connectivity index (χ4v) is 1.25. The predicted molar refractivity (Wildman–Crippen MR) is 61.7 cm³/mol. The first kappa shape index (κ1) is 11.1. The molecule has 3 N–H and O–H groups in total. The molecule has 4 nitrogen and oxygen atoms in total. The van der Waals surface area contributed by atoms with Crippen LogP contribution >= 0.6 is 0 Å². The summed E-state index contributed by atoms with van der Waals surface area (Å²) in [6.45, 7) is 0. The second-order valence-electron chi connectivity index (χ2n) is 3.33. The summed E-state index contributed by atoms with van der Waals surface area (Å²) in [7, 11) is 0. The van der Waals surface area contributed by atoms with Crippen molar-refractivity contribution in [3.05, 3.63) is 54.0 Å². The van der Waals surface area contributed by atoms with Crippen molar-refractivity contribution in [1.82, 2.24) is 4.98 Å². The number of benzene rings is 1. The smallest absolute Gasteiger partial charge is 0.219 e. The van der Waals surface area contributed by atoms with Crippen molar-refractivity contribution in [2.24, 2.45) is 5.73 Å². The maximum absolute atomic E-state index is 12.7. The van der Waals surface area contributed by atoms with Gasteiger partial charge in [-0.2, -0.15) is 0 Å². The number of nitrogens with one attached hydrogen (secondary N) is 1. The molecule has 0 amide bonds. The molecule has 2 rings (SSSR count). The van der Waals surface area contributed by atoms with E-state index in [9.17, 15) is 4.39 Å². The molecule has 0 saturated heterocycles. The van der Waals surface area contributed by atoms with E-state index in [2.05, 4.69) is 4.98 Å². The van der Waals surface area contributed by atoms with Gasteiger partial charge in [0.1, 0.15) is 23.1 Å². The fourth-order valence-electron chi connectivity index (χ4n) is 1.25. The SMILES string of the molecule is N=C(N)c1cccc(Oc2ccc(F)cc2)n1. The van der Waals surface area contributed by atoms with Crippen LogP contribution < -0.4 is 10.5 Å². The topological polar surface area (TPSA) is 72.0 Å². The fraction of sp³-hybridized carbons (Fsp3) is 0. The van der Waals surface area contributed by atoms with Crippen molar-refractivity contribution in [3.63, 3.8) is 0 Å². The van der Waals surface area contributed by atoms with E-state index in [0.29, 0.717) is 17.3 Å². The zero-order valence-corrected chi connectivity index (χ0v) is 8.85. The Morgan fingerprint density at radius 1 is 1.18 bits per heavy atom. The Morgan fingerprint density at radius 3 is 2.53 bits per heavy atom. The monoisotopic (exact) mass is 231 g/mol. The number of nitrogens with zero attached hydrogens (tertiary/aromatic N) is 1. The van der Waals surface area contributed by atoms with Crippen molar-refractivity contribution in [2.75, 3.05) is 0 Å². The van der Waals surface area contributed by atoms with Crippen LogP contribution in [0, 0.1) is 11.2 Å². The minimum atomic E-state index is -0.331. The van der Waals surface area contributed by atoms with E-state index >= 15 is 0 Å². The van der Waals surface area contributed by atoms with E-state index in [0.717, 1.165) is 0 Å². The van der Waals surface area contributed by atoms with Gasteiger partial charge in [0.25, 0.3) is 0 Å². The zero-order valence-electron chi connectivity index (χ0n) is 8.85. The number of pyridine rings is 1. The molecule has 0 aliphatic carbocycles. The highest BCUT2D eigenvalue weighted by molar-refractivity contribution is 5.93. The summed E-state index contributed by atoms with van der Waals surface area (Å²) >= 11 is 0. The molecular weight excluding hydrogens is 221 g/mol. The standard InChI is InChI=1S/C12H10FN3O/c13-8-4-6-9(7-5-8)17-11-3-1-2-10(16-11)12(14)15/h1-7H,(H3,14,15). The molecule has 0 radical (unpaired) electrons. The largest absolute Gasteiger partial charge is 0.439 e. The molecule has 0 unspecified atom stereocenters. The van der Waals surface area contributed by atoms with Crippen LogP contribution in [-0.4, -0.2) is 10.8 Å². The van der Waals surface area contributed by atoms with Crippen LogP contribution in [0.5, 0.6) is 11.6 Å². The molecule has 0 bridgehead atoms. The molecule has 0 aliphatic rings. The van der Waals surface area contributed by atoms with E-state index in [1.807, 2.05) is 0 Å². The first-order chi connectivity index (χ1) is 8.15. The minimum Gasteiger partial charge on any atom is -0.439 e. The van der Waals surface area contributed by atoms with Crippen LogP contribution in [0.3, 0.4) is 0 Å². The second kappa shape index (κ2) is 4.61. The van der Waals surface area contributed by atoms with Gasteiger partial charge in [0.15, 0.2) is 0 Å². The average molecular weight is 231 g/mol. The van der Waals surface area contributed by atoms with Gasteiger partial charge in [-0.3, -0.25) is 5.41 Å². The molecule has 5 heteroatoms. The Bertz CT molecular complexity index is 540. The number of nitrogens with two attached hydrogens (primary N) is 1. The lowest BCUT2D eigenvalue weighted by molar-refractivity contribution is 0.461. The highest BCUT2D eigenvalue weighted by Gasteiger charge is 2.02. The number of hydrogen-bond donors (Lipinski definition) is 2. The Balaban J connectivity index is 2.21. The van der Waals surface area contributed by atoms with Gasteiger partial charge in [0.2, 0.25) is 5.88 Å². The van der Waals surface area contributed by atoms with Crippen LogP contribution in [0.25, 0.3) is 0 Å². The van der Waals surface area contributed by atoms with Crippen LogP contribution in [0.1, 0.15) is 5.69 Å². The Morgan fingerprint density at radius 2 is 1.88 bits per heavy atom. The number of amidine groups is 1. The van der Waals surface area contributed by atoms with Gasteiger partial charge in [0, 0.05) is 6.07 Å². The highest BCUT2D eigenvalue weighted by Crippen LogP contribution is 2.19. The van der Waals surface area contributed by atoms with Crippen LogP contribution in [-0.2, 0) is 0 Å². The second-order valence-corrected chi connectivity index (χ2v) is 3.33. The molecule has 86 valence electrons. The lowest BCUT2D eigenvalue weighted by Crippen LogP contribution is -2.13. The van der Waals surface area contributed by atoms with E-state index < -0.39 is 0 Å². The molecule has 0 fully saturated rings. The summed E-state index contributed by atoms with van der Waals surface area (Å²) in [6.07, 6.45) is 0. The van der Waals surface area contributed by atoms with Crippen LogP contribution in [0.2, 0.25) is 0 Å². The summed E-state index contributed by atoms with van der Waals surface area (Å²) in [5.74, 6) is 0.321. The summed E-state index contributed by atoms with van der Waals surface area (Å²) in [6, 6.07) is 10.5. The van der Waals surface area contributed by atoms with Gasteiger partial charge in [-0.15, -0.1) is 0 Å². The van der Waals surface area contributed by atoms with Crippen molar-refractivity contribution in [1.29, 1.82) is 5.41 Å². The molecular formula is C12H10FN3O. The number of aromatic nitrogens is 1. The third kappa shape index (κ3) is 2.78. The molecule has 0 saturated carbocycles. The van der Waals surface area contributed by atoms with Gasteiger partial charge in [-0.25, -0.2) is 9.37 Å². The molecule has 1 aromatic heterocycles. The third-order valence-corrected chi connectivity index (χ3v) is 2.04. The summed E-state index contributed by atoms with van der Waals surface area (Å²) in [4.78, 5) is 4.02. The van der Waals surface area contributed by atoms with Gasteiger partial charge < -0.3 is 10.5 Å². The Hall–Kier alpha value is -2.43. The highest BCUT2D eigenvalue weighted by atomic mass is 19.1. The van der Waals surface area contributed by atoms with Gasteiger partial charge >= 0.3 is 0 Å². The summed E-state index contributed by atoms with van der Waals surface area (Å²) in [5.41, 5.74) is 5.65. The summed E-state index contributed by atoms with van der Waals surface area (Å²) < 4.78 is 18.1. The first-order valence-corrected chi connectivity index (χ1v) is 4.90. The molecule has 1 heterocycles. The van der Waals surface area contributed by atoms with Crippen molar-refractivity contribution < 1.29 is 9.13 Å². The van der Waals surface area contributed by atoms with Gasteiger partial charge in [-0.1, -0.05) is 6.07 Å². The van der Waals surface area contributed by atoms with Gasteiger partial charge in [0.05, 0.1) is 0 Å². The number of rotatable bonds is 3. The molecule has 1 aromatic carbocycles. The summed E-state index contributed by atoms with van der Waals surface area (Å²) in [5, 5.41) is 7.25. The van der Waals surface area contributed by atoms with E-state index in [-0.39, 0.29) is 11.7 Å². The third-order valence-electron chi connectivity index (χ3n) is 2.04. The lowest BCUT2D eigenvalue weighted by Gasteiger charge is -2.05. The van der Waals surface area contributed by atoms with E-state index in [1.165, 1.54) is 24.3 Å². The number of ether oxygens (including phenoxy) is 1. The van der Waals surface area contributed by atoms with Crippen molar-refractivity contribution in [3.8, 4) is 11.6 Å². The van der Waals surface area contributed by atoms with Crippen molar-refractivity contribution in [2.45, 2.75) is 0 Å². The normalized spacial score (nSPS) is 9.94. The minimum absolute atomic E-state index is 0.130. The molecule has 0 aliphatic heterocycles. The number of nitrogen functional groups attached to an aromatic ring is 1. The predicted octanol–water partition coefficient (Wildman–Crippen LogP) is 2.30. The maximum Gasteiger partial charge on any atom is 0.219 e. The maximum atomic E-state index is 12.7. The van der Waals surface area contributed by atoms with E-state index in [1.54, 1.807) is 18.2 Å². The number of hydrogen-bond acceptors (Lipinski definition) is 3. The quantitative estimate of drug-likeness (QED) is 0.628. The van der Waals surface area contributed by atoms with Crippen LogP contribution in [0.4, 0.5) is 4.39 Å². The van der Waals surface area contributed by atoms with Crippen molar-refractivity contribution >= 4 is 5.84 Å². The van der Waals surface area contributed by atoms with E-state index in [4.69, 9.17) is 15.9 Å². The zero-order chi connectivity index (χ0) is 12.3. The average Bonchev–Trinajstić information content (AvgIpc) is 2.32. The number of halogens is 1. The first-order valence-electron chi connectivity index (χ1n) is 4.90. The Kier molecular flexibility index (Phi) is 3.00. The molecule has 17 heavy (non-hydrogen) atoms. The van der Waals surface area contributed by atoms with Gasteiger partial charge in [-0.05, 0) is 30.3 Å². The molecule has 0 atom stereocenters. The van der Waals surface area contributed by atoms with Crippen LogP contribution in [0.15, 0.2) is 42.5 Å².